The number of nitrogens with one attached hydrogen (secondary N) is 1. The first-order valence-corrected chi connectivity index (χ1v) is 11.4. The van der Waals surface area contributed by atoms with Gasteiger partial charge in [0.25, 0.3) is 5.91 Å². The lowest BCUT2D eigenvalue weighted by Crippen LogP contribution is -2.24. The zero-order valence-corrected chi connectivity index (χ0v) is 21.0. The van der Waals surface area contributed by atoms with Crippen molar-refractivity contribution in [2.24, 2.45) is 5.10 Å². The predicted molar refractivity (Wildman–Crippen MR) is 134 cm³/mol. The molecule has 3 rings (SSSR count). The number of rotatable bonds is 9. The second kappa shape index (κ2) is 11.9. The molecule has 1 N–H and O–H groups in total. The van der Waals surface area contributed by atoms with Crippen molar-refractivity contribution < 1.29 is 19.0 Å². The Kier molecular flexibility index (Phi) is 9.00. The monoisotopic (exact) mass is 550 g/mol. The van der Waals surface area contributed by atoms with Crippen LogP contribution in [0.15, 0.2) is 64.2 Å². The van der Waals surface area contributed by atoms with E-state index in [9.17, 15) is 4.79 Å². The maximum atomic E-state index is 12.0. The molecule has 0 saturated heterocycles. The number of hydrogen-bond acceptors (Lipinski definition) is 5. The Morgan fingerprint density at radius 1 is 1.06 bits per heavy atom. The fourth-order valence-corrected chi connectivity index (χ4v) is 3.78. The van der Waals surface area contributed by atoms with Gasteiger partial charge in [0.15, 0.2) is 18.1 Å². The summed E-state index contributed by atoms with van der Waals surface area (Å²) in [5, 5.41) is 4.76. The smallest absolute Gasteiger partial charge is 0.277 e. The SMILES string of the molecule is COc1cc(/C=N\NC(=O)COc2ccc(Cl)cc2Cl)cc(Br)c1OCc1ccc(C)cc1. The van der Waals surface area contributed by atoms with Crippen LogP contribution < -0.4 is 19.6 Å². The van der Waals surface area contributed by atoms with Crippen LogP contribution in [0.25, 0.3) is 0 Å². The molecule has 33 heavy (non-hydrogen) atoms. The maximum Gasteiger partial charge on any atom is 0.277 e. The van der Waals surface area contributed by atoms with Gasteiger partial charge in [0, 0.05) is 5.02 Å². The number of hydrazone groups is 1. The van der Waals surface area contributed by atoms with Gasteiger partial charge in [0.1, 0.15) is 12.4 Å². The lowest BCUT2D eigenvalue weighted by molar-refractivity contribution is -0.123. The van der Waals surface area contributed by atoms with Crippen LogP contribution in [0.3, 0.4) is 0 Å². The zero-order valence-electron chi connectivity index (χ0n) is 17.9. The summed E-state index contributed by atoms with van der Waals surface area (Å²) in [6, 6.07) is 16.4. The first kappa shape index (κ1) is 24.9. The fourth-order valence-electron chi connectivity index (χ4n) is 2.74. The maximum absolute atomic E-state index is 12.0. The van der Waals surface area contributed by atoms with Crippen LogP contribution >= 0.6 is 39.1 Å². The molecule has 0 unspecified atom stereocenters. The van der Waals surface area contributed by atoms with Crippen molar-refractivity contribution in [2.75, 3.05) is 13.7 Å². The van der Waals surface area contributed by atoms with E-state index in [4.69, 9.17) is 37.4 Å². The van der Waals surface area contributed by atoms with Crippen molar-refractivity contribution in [3.05, 3.63) is 85.8 Å². The van der Waals surface area contributed by atoms with Crippen LogP contribution in [0.2, 0.25) is 10.0 Å². The molecule has 6 nitrogen and oxygen atoms in total. The van der Waals surface area contributed by atoms with Gasteiger partial charge < -0.3 is 14.2 Å². The van der Waals surface area contributed by atoms with E-state index in [0.717, 1.165) is 5.56 Å². The average Bonchev–Trinajstić information content (AvgIpc) is 2.78. The van der Waals surface area contributed by atoms with E-state index in [2.05, 4.69) is 26.5 Å². The number of carbonyl (C=O) groups is 1. The summed E-state index contributed by atoms with van der Waals surface area (Å²) in [4.78, 5) is 12.0. The molecule has 0 aromatic heterocycles. The molecule has 1 amide bonds. The zero-order chi connectivity index (χ0) is 23.8. The fraction of sp³-hybridized carbons (Fsp3) is 0.167. The molecule has 0 heterocycles. The van der Waals surface area contributed by atoms with Gasteiger partial charge >= 0.3 is 0 Å². The van der Waals surface area contributed by atoms with Crippen molar-refractivity contribution >= 4 is 51.3 Å². The number of methoxy groups -OCH3 is 1. The number of nitrogens with zero attached hydrogens (tertiary/aromatic N) is 1. The van der Waals surface area contributed by atoms with Crippen LogP contribution in [0.5, 0.6) is 17.2 Å². The van der Waals surface area contributed by atoms with Gasteiger partial charge in [0.05, 0.1) is 22.8 Å². The normalized spacial score (nSPS) is 10.8. The Morgan fingerprint density at radius 3 is 2.52 bits per heavy atom. The minimum Gasteiger partial charge on any atom is -0.493 e. The summed E-state index contributed by atoms with van der Waals surface area (Å²) < 4.78 is 17.5. The summed E-state index contributed by atoms with van der Waals surface area (Å²) in [6.45, 7) is 2.18. The molecule has 0 radical (unpaired) electrons. The van der Waals surface area contributed by atoms with Gasteiger partial charge in [0.2, 0.25) is 0 Å². The van der Waals surface area contributed by atoms with E-state index in [-0.39, 0.29) is 6.61 Å². The predicted octanol–water partition coefficient (Wildman–Crippen LogP) is 6.18. The number of hydrogen-bond donors (Lipinski definition) is 1. The Hall–Kier alpha value is -2.74. The van der Waals surface area contributed by atoms with E-state index in [0.29, 0.717) is 43.9 Å². The molecular formula is C24H21BrCl2N2O4. The summed E-state index contributed by atoms with van der Waals surface area (Å²) in [5.74, 6) is 1.02. The topological polar surface area (TPSA) is 69.2 Å². The van der Waals surface area contributed by atoms with E-state index in [1.54, 1.807) is 25.3 Å². The molecule has 0 spiro atoms. The molecular weight excluding hydrogens is 531 g/mol. The highest BCUT2D eigenvalue weighted by molar-refractivity contribution is 9.10. The number of aryl methyl sites for hydroxylation is 1. The number of amides is 1. The van der Waals surface area contributed by atoms with E-state index >= 15 is 0 Å². The van der Waals surface area contributed by atoms with Gasteiger partial charge in [-0.1, -0.05) is 53.0 Å². The molecule has 0 atom stereocenters. The van der Waals surface area contributed by atoms with Crippen LogP contribution in [0.1, 0.15) is 16.7 Å². The van der Waals surface area contributed by atoms with Gasteiger partial charge in [-0.2, -0.15) is 5.10 Å². The van der Waals surface area contributed by atoms with Crippen molar-refractivity contribution in [1.29, 1.82) is 0 Å². The van der Waals surface area contributed by atoms with Crippen molar-refractivity contribution in [3.8, 4) is 17.2 Å². The molecule has 3 aromatic rings. The Balaban J connectivity index is 1.58. The summed E-state index contributed by atoms with van der Waals surface area (Å²) in [7, 11) is 1.56. The second-order valence-electron chi connectivity index (χ2n) is 6.96. The summed E-state index contributed by atoms with van der Waals surface area (Å²) >= 11 is 15.4. The molecule has 0 fully saturated rings. The molecule has 0 aliphatic rings. The molecule has 9 heteroatoms. The number of carbonyl (C=O) groups excluding carboxylic acids is 1. The largest absolute Gasteiger partial charge is 0.493 e. The molecule has 172 valence electrons. The molecule has 0 aliphatic carbocycles. The van der Waals surface area contributed by atoms with Crippen LogP contribution in [0.4, 0.5) is 0 Å². The van der Waals surface area contributed by atoms with Crippen molar-refractivity contribution in [2.45, 2.75) is 13.5 Å². The molecule has 0 bridgehead atoms. The van der Waals surface area contributed by atoms with E-state index in [1.807, 2.05) is 37.3 Å². The van der Waals surface area contributed by atoms with Gasteiger partial charge in [-0.15, -0.1) is 0 Å². The highest BCUT2D eigenvalue weighted by Gasteiger charge is 2.12. The average molecular weight is 552 g/mol. The second-order valence-corrected chi connectivity index (χ2v) is 8.66. The Labute approximate surface area is 210 Å². The number of halogens is 3. The highest BCUT2D eigenvalue weighted by Crippen LogP contribution is 2.37. The molecule has 0 saturated carbocycles. The third-order valence-corrected chi connectivity index (χ3v) is 5.53. The van der Waals surface area contributed by atoms with E-state index < -0.39 is 5.91 Å². The lowest BCUT2D eigenvalue weighted by atomic mass is 10.2. The number of ether oxygens (including phenoxy) is 3. The Bertz CT molecular complexity index is 1150. The van der Waals surface area contributed by atoms with Gasteiger partial charge in [-0.3, -0.25) is 4.79 Å². The standard InChI is InChI=1S/C24H21BrCl2N2O4/c1-15-3-5-16(6-4-15)13-33-24-19(25)9-17(10-22(24)31-2)12-28-29-23(30)14-32-21-8-7-18(26)11-20(21)27/h3-12H,13-14H2,1-2H3,(H,29,30)/b28-12-. The first-order valence-electron chi connectivity index (χ1n) is 9.81. The van der Waals surface area contributed by atoms with Crippen molar-refractivity contribution in [3.63, 3.8) is 0 Å². The first-order chi connectivity index (χ1) is 15.9. The van der Waals surface area contributed by atoms with Gasteiger partial charge in [-0.05, 0) is 64.3 Å². The third-order valence-electron chi connectivity index (χ3n) is 4.41. The quantitative estimate of drug-likeness (QED) is 0.254. The minimum atomic E-state index is -0.443. The van der Waals surface area contributed by atoms with Crippen LogP contribution in [-0.4, -0.2) is 25.8 Å². The Morgan fingerprint density at radius 2 is 1.82 bits per heavy atom. The van der Waals surface area contributed by atoms with Crippen LogP contribution in [0, 0.1) is 6.92 Å². The third kappa shape index (κ3) is 7.39. The summed E-state index contributed by atoms with van der Waals surface area (Å²) in [5.41, 5.74) is 5.34. The van der Waals surface area contributed by atoms with Crippen LogP contribution in [-0.2, 0) is 11.4 Å². The molecule has 0 aliphatic heterocycles. The minimum absolute atomic E-state index is 0.252. The van der Waals surface area contributed by atoms with E-state index in [1.165, 1.54) is 17.8 Å². The number of benzene rings is 3. The highest BCUT2D eigenvalue weighted by atomic mass is 79.9. The van der Waals surface area contributed by atoms with Gasteiger partial charge in [-0.25, -0.2) is 5.43 Å². The summed E-state index contributed by atoms with van der Waals surface area (Å²) in [6.07, 6.45) is 1.49. The van der Waals surface area contributed by atoms with Crippen molar-refractivity contribution in [1.82, 2.24) is 5.43 Å². The lowest BCUT2D eigenvalue weighted by Gasteiger charge is -2.13. The molecule has 3 aromatic carbocycles.